The van der Waals surface area contributed by atoms with Gasteiger partial charge in [-0.15, -0.1) is 0 Å². The van der Waals surface area contributed by atoms with Crippen LogP contribution in [0.2, 0.25) is 5.02 Å². The van der Waals surface area contributed by atoms with Crippen LogP contribution in [-0.4, -0.2) is 29.6 Å². The lowest BCUT2D eigenvalue weighted by atomic mass is 10.1. The van der Waals surface area contributed by atoms with Gasteiger partial charge in [-0.1, -0.05) is 23.7 Å². The monoisotopic (exact) mass is 441 g/mol. The van der Waals surface area contributed by atoms with E-state index in [1.165, 1.54) is 30.5 Å². The van der Waals surface area contributed by atoms with Crippen LogP contribution in [0.5, 0.6) is 0 Å². The first kappa shape index (κ1) is 21.7. The summed E-state index contributed by atoms with van der Waals surface area (Å²) < 4.78 is 10.6. The topological polar surface area (TPSA) is 124 Å². The molecule has 9 nitrogen and oxygen atoms in total. The molecule has 1 aromatic heterocycles. The average Bonchev–Trinajstić information content (AvgIpc) is 3.23. The molecule has 0 aliphatic heterocycles. The lowest BCUT2D eigenvalue weighted by Gasteiger charge is -2.05. The summed E-state index contributed by atoms with van der Waals surface area (Å²) in [5.41, 5.74) is 2.59. The number of furan rings is 1. The van der Waals surface area contributed by atoms with Crippen LogP contribution >= 0.6 is 11.6 Å². The van der Waals surface area contributed by atoms with Crippen LogP contribution in [0.1, 0.15) is 33.4 Å². The molecule has 0 aliphatic rings. The quantitative estimate of drug-likeness (QED) is 0.250. The van der Waals surface area contributed by atoms with Gasteiger partial charge in [0, 0.05) is 11.6 Å². The van der Waals surface area contributed by atoms with E-state index in [9.17, 15) is 19.7 Å². The SMILES string of the molecule is CCOC(=O)c1cc(-c2ccc(/C=N\NC(=O)c3ccccc3[N+](=O)[O-])o2)ccc1Cl. The van der Waals surface area contributed by atoms with Gasteiger partial charge in [0.2, 0.25) is 0 Å². The number of esters is 1. The van der Waals surface area contributed by atoms with Gasteiger partial charge in [0.1, 0.15) is 17.1 Å². The number of benzene rings is 2. The van der Waals surface area contributed by atoms with Crippen LogP contribution in [0.25, 0.3) is 11.3 Å². The molecule has 158 valence electrons. The molecule has 0 radical (unpaired) electrons. The molecule has 3 rings (SSSR count). The van der Waals surface area contributed by atoms with E-state index in [2.05, 4.69) is 10.5 Å². The molecule has 0 fully saturated rings. The van der Waals surface area contributed by atoms with Crippen molar-refractivity contribution in [3.05, 3.63) is 86.6 Å². The summed E-state index contributed by atoms with van der Waals surface area (Å²) >= 11 is 6.06. The zero-order valence-corrected chi connectivity index (χ0v) is 17.0. The van der Waals surface area contributed by atoms with Gasteiger partial charge in [-0.2, -0.15) is 5.10 Å². The fraction of sp³-hybridized carbons (Fsp3) is 0.0952. The second-order valence-electron chi connectivity index (χ2n) is 6.09. The van der Waals surface area contributed by atoms with Crippen LogP contribution < -0.4 is 5.43 Å². The maximum atomic E-state index is 12.2. The third kappa shape index (κ3) is 5.14. The number of hydrogen-bond acceptors (Lipinski definition) is 7. The standard InChI is InChI=1S/C21H16ClN3O6/c1-2-30-21(27)16-11-13(7-9-17(16)22)19-10-8-14(31-19)12-23-24-20(26)15-5-3-4-6-18(15)25(28)29/h3-12H,2H2,1H3,(H,24,26)/b23-12-. The first-order valence-electron chi connectivity index (χ1n) is 9.04. The summed E-state index contributed by atoms with van der Waals surface area (Å²) in [5.74, 6) is -0.522. The van der Waals surface area contributed by atoms with Gasteiger partial charge < -0.3 is 9.15 Å². The number of hydrazone groups is 1. The Kier molecular flexibility index (Phi) is 6.78. The number of carbonyl (C=O) groups is 2. The second-order valence-corrected chi connectivity index (χ2v) is 6.50. The van der Waals surface area contributed by atoms with E-state index in [0.29, 0.717) is 17.1 Å². The maximum Gasteiger partial charge on any atom is 0.339 e. The fourth-order valence-corrected chi connectivity index (χ4v) is 2.86. The van der Waals surface area contributed by atoms with E-state index in [0.717, 1.165) is 0 Å². The fourth-order valence-electron chi connectivity index (χ4n) is 2.66. The molecule has 0 bridgehead atoms. The Bertz CT molecular complexity index is 1170. The smallest absolute Gasteiger partial charge is 0.339 e. The molecule has 0 saturated carbocycles. The molecule has 0 saturated heterocycles. The number of hydrogen-bond donors (Lipinski definition) is 1. The molecule has 0 aliphatic carbocycles. The number of nitro groups is 1. The molecule has 3 aromatic rings. The van der Waals surface area contributed by atoms with Gasteiger partial charge in [0.05, 0.1) is 28.3 Å². The summed E-state index contributed by atoms with van der Waals surface area (Å²) in [6, 6.07) is 13.6. The minimum Gasteiger partial charge on any atom is -0.462 e. The Balaban J connectivity index is 1.73. The van der Waals surface area contributed by atoms with Crippen LogP contribution in [0.4, 0.5) is 5.69 Å². The number of halogens is 1. The van der Waals surface area contributed by atoms with E-state index in [1.54, 1.807) is 37.3 Å². The number of nitro benzene ring substituents is 1. The van der Waals surface area contributed by atoms with E-state index < -0.39 is 16.8 Å². The van der Waals surface area contributed by atoms with E-state index in [4.69, 9.17) is 20.8 Å². The Labute approximate surface area is 181 Å². The minimum atomic E-state index is -0.730. The number of para-hydroxylation sites is 1. The highest BCUT2D eigenvalue weighted by Gasteiger charge is 2.18. The van der Waals surface area contributed by atoms with Gasteiger partial charge >= 0.3 is 5.97 Å². The van der Waals surface area contributed by atoms with Gasteiger partial charge in [-0.05, 0) is 43.3 Å². The van der Waals surface area contributed by atoms with Crippen molar-refractivity contribution < 1.29 is 23.7 Å². The van der Waals surface area contributed by atoms with Gasteiger partial charge in [-0.25, -0.2) is 10.2 Å². The third-order valence-electron chi connectivity index (χ3n) is 4.08. The predicted octanol–water partition coefficient (Wildman–Crippen LogP) is 4.45. The summed E-state index contributed by atoms with van der Waals surface area (Å²) in [4.78, 5) is 34.5. The van der Waals surface area contributed by atoms with Crippen LogP contribution in [-0.2, 0) is 4.74 Å². The Hall–Kier alpha value is -3.98. The van der Waals surface area contributed by atoms with Crippen molar-refractivity contribution in [2.75, 3.05) is 6.61 Å². The van der Waals surface area contributed by atoms with Crippen LogP contribution in [0.3, 0.4) is 0 Å². The zero-order valence-electron chi connectivity index (χ0n) is 16.2. The van der Waals surface area contributed by atoms with Crippen LogP contribution in [0, 0.1) is 10.1 Å². The largest absolute Gasteiger partial charge is 0.462 e. The molecule has 0 atom stereocenters. The number of rotatable bonds is 7. The van der Waals surface area contributed by atoms with Crippen molar-refractivity contribution in [1.29, 1.82) is 0 Å². The first-order chi connectivity index (χ1) is 14.9. The molecule has 2 aromatic carbocycles. The normalized spacial score (nSPS) is 10.8. The highest BCUT2D eigenvalue weighted by molar-refractivity contribution is 6.33. The number of amides is 1. The molecular formula is C21H16ClN3O6. The van der Waals surface area contributed by atoms with Crippen molar-refractivity contribution in [3.8, 4) is 11.3 Å². The second kappa shape index (κ2) is 9.68. The number of nitrogens with zero attached hydrogens (tertiary/aromatic N) is 2. The Morgan fingerprint density at radius 3 is 2.71 bits per heavy atom. The molecule has 31 heavy (non-hydrogen) atoms. The molecule has 1 amide bonds. The van der Waals surface area contributed by atoms with Gasteiger partial charge in [0.25, 0.3) is 11.6 Å². The van der Waals surface area contributed by atoms with E-state index in [-0.39, 0.29) is 28.4 Å². The zero-order chi connectivity index (χ0) is 22.4. The third-order valence-corrected chi connectivity index (χ3v) is 4.41. The summed E-state index contributed by atoms with van der Waals surface area (Å²) in [5, 5.41) is 15.0. The number of ether oxygens (including phenoxy) is 1. The predicted molar refractivity (Wildman–Crippen MR) is 113 cm³/mol. The molecule has 10 heteroatoms. The van der Waals surface area contributed by atoms with E-state index in [1.807, 2.05) is 0 Å². The molecular weight excluding hydrogens is 426 g/mol. The van der Waals surface area contributed by atoms with Crippen LogP contribution in [0.15, 0.2) is 64.1 Å². The molecule has 0 unspecified atom stereocenters. The average molecular weight is 442 g/mol. The van der Waals surface area contributed by atoms with E-state index >= 15 is 0 Å². The lowest BCUT2D eigenvalue weighted by molar-refractivity contribution is -0.385. The molecule has 0 spiro atoms. The van der Waals surface area contributed by atoms with Crippen molar-refractivity contribution in [2.24, 2.45) is 5.10 Å². The Morgan fingerprint density at radius 1 is 1.19 bits per heavy atom. The van der Waals surface area contributed by atoms with Gasteiger partial charge in [-0.3, -0.25) is 14.9 Å². The summed E-state index contributed by atoms with van der Waals surface area (Å²) in [6.07, 6.45) is 1.25. The van der Waals surface area contributed by atoms with Crippen molar-refractivity contribution in [1.82, 2.24) is 5.43 Å². The highest BCUT2D eigenvalue weighted by Crippen LogP contribution is 2.27. The van der Waals surface area contributed by atoms with Crippen molar-refractivity contribution in [3.63, 3.8) is 0 Å². The Morgan fingerprint density at radius 2 is 1.97 bits per heavy atom. The number of carbonyl (C=O) groups excluding carboxylic acids is 2. The lowest BCUT2D eigenvalue weighted by Crippen LogP contribution is -2.18. The molecule has 1 heterocycles. The molecule has 1 N–H and O–H groups in total. The van der Waals surface area contributed by atoms with Crippen molar-refractivity contribution >= 4 is 35.4 Å². The van der Waals surface area contributed by atoms with Crippen molar-refractivity contribution in [2.45, 2.75) is 6.92 Å². The summed E-state index contributed by atoms with van der Waals surface area (Å²) in [6.45, 7) is 1.92. The highest BCUT2D eigenvalue weighted by atomic mass is 35.5. The number of nitrogens with one attached hydrogen (secondary N) is 1. The summed E-state index contributed by atoms with van der Waals surface area (Å²) in [7, 11) is 0. The van der Waals surface area contributed by atoms with Gasteiger partial charge in [0.15, 0.2) is 0 Å². The maximum absolute atomic E-state index is 12.2. The first-order valence-corrected chi connectivity index (χ1v) is 9.42. The minimum absolute atomic E-state index is 0.113.